The van der Waals surface area contributed by atoms with Crippen LogP contribution in [0.2, 0.25) is 0 Å². The van der Waals surface area contributed by atoms with Gasteiger partial charge in [-0.15, -0.1) is 0 Å². The summed E-state index contributed by atoms with van der Waals surface area (Å²) in [6, 6.07) is 21.2. The summed E-state index contributed by atoms with van der Waals surface area (Å²) in [7, 11) is 0. The van der Waals surface area contributed by atoms with E-state index in [1.165, 1.54) is 0 Å². The number of carbonyl (C=O) groups is 1. The number of anilines is 1. The number of carbonyl (C=O) groups excluding carboxylic acids is 1. The van der Waals surface area contributed by atoms with Gasteiger partial charge in [-0.3, -0.25) is 0 Å². The second-order valence-electron chi connectivity index (χ2n) is 6.08. The Hall–Kier alpha value is -3.10. The number of hydrogen-bond acceptors (Lipinski definition) is 3. The molecule has 130 valence electrons. The molecule has 4 nitrogen and oxygen atoms in total. The van der Waals surface area contributed by atoms with Crippen LogP contribution in [-0.2, 0) is 0 Å². The van der Waals surface area contributed by atoms with Crippen molar-refractivity contribution in [3.63, 3.8) is 0 Å². The van der Waals surface area contributed by atoms with Gasteiger partial charge in [0.1, 0.15) is 0 Å². The Morgan fingerprint density at radius 1 is 1.04 bits per heavy atom. The Labute approximate surface area is 165 Å². The van der Waals surface area contributed by atoms with Crippen molar-refractivity contribution >= 4 is 45.7 Å². The van der Waals surface area contributed by atoms with Gasteiger partial charge in [0, 0.05) is 0 Å². The number of benzene rings is 3. The fraction of sp³-hybridized carbons (Fsp3) is 0. The van der Waals surface area contributed by atoms with Crippen LogP contribution in [0.4, 0.5) is 5.69 Å². The van der Waals surface area contributed by atoms with Gasteiger partial charge in [-0.25, -0.2) is 0 Å². The zero-order chi connectivity index (χ0) is 18.6. The molecule has 0 unspecified atom stereocenters. The minimum atomic E-state index is -0.149. The van der Waals surface area contributed by atoms with Gasteiger partial charge in [0.05, 0.1) is 0 Å². The molecular weight excluding hydrogens is 399 g/mol. The first-order valence-corrected chi connectivity index (χ1v) is 9.23. The van der Waals surface area contributed by atoms with Crippen LogP contribution >= 0.6 is 0 Å². The Bertz CT molecular complexity index is 1120. The molecule has 1 amide bonds. The topological polar surface area (TPSA) is 54.6 Å². The standard InChI is InChI=1S/C22H15AsN2O2/c23-24-13-15-6-7-16-11-18(22(26)25-19-4-2-1-3-5-19)12-21(20(16)10-15)17-8-9-27-14-17/h1-14H,(H,25,26). The Morgan fingerprint density at radius 2 is 1.89 bits per heavy atom. The van der Waals surface area contributed by atoms with Crippen LogP contribution in [0.1, 0.15) is 15.9 Å². The Balaban J connectivity index is 1.83. The number of hydrogen-bond donors (Lipinski definition) is 1. The van der Waals surface area contributed by atoms with Gasteiger partial charge in [-0.1, -0.05) is 18.2 Å². The summed E-state index contributed by atoms with van der Waals surface area (Å²) >= 11 is 2.19. The van der Waals surface area contributed by atoms with Gasteiger partial charge >= 0.3 is 147 Å². The van der Waals surface area contributed by atoms with Crippen LogP contribution < -0.4 is 5.32 Å². The molecule has 27 heavy (non-hydrogen) atoms. The summed E-state index contributed by atoms with van der Waals surface area (Å²) in [5.74, 6) is -0.149. The predicted octanol–water partition coefficient (Wildman–Crippen LogP) is 4.85. The molecule has 2 radical (unpaired) electrons. The van der Waals surface area contributed by atoms with Gasteiger partial charge in [-0.05, 0) is 0 Å². The van der Waals surface area contributed by atoms with E-state index in [0.29, 0.717) is 5.56 Å². The molecular formula is C22H15AsN2O2. The molecule has 3 aromatic carbocycles. The van der Waals surface area contributed by atoms with E-state index in [4.69, 9.17) is 4.42 Å². The number of furan rings is 1. The maximum absolute atomic E-state index is 12.8. The molecule has 0 aliphatic carbocycles. The zero-order valence-corrected chi connectivity index (χ0v) is 16.2. The summed E-state index contributed by atoms with van der Waals surface area (Å²) in [4.78, 5) is 12.8. The van der Waals surface area contributed by atoms with E-state index in [1.807, 2.05) is 60.7 Å². The first kappa shape index (κ1) is 17.3. The van der Waals surface area contributed by atoms with E-state index in [-0.39, 0.29) is 5.91 Å². The average Bonchev–Trinajstić information content (AvgIpc) is 3.23. The monoisotopic (exact) mass is 414 g/mol. The first-order valence-electron chi connectivity index (χ1n) is 8.39. The molecule has 0 fully saturated rings. The molecule has 1 heterocycles. The Kier molecular flexibility index (Phi) is 4.90. The van der Waals surface area contributed by atoms with Crippen molar-refractivity contribution in [1.29, 1.82) is 0 Å². The summed E-state index contributed by atoms with van der Waals surface area (Å²) in [6.07, 6.45) is 5.10. The first-order chi connectivity index (χ1) is 13.2. The van der Waals surface area contributed by atoms with Crippen molar-refractivity contribution < 1.29 is 9.21 Å². The Morgan fingerprint density at radius 3 is 2.63 bits per heavy atom. The fourth-order valence-corrected chi connectivity index (χ4v) is 3.31. The van der Waals surface area contributed by atoms with Crippen molar-refractivity contribution in [2.75, 3.05) is 5.32 Å². The third-order valence-electron chi connectivity index (χ3n) is 4.31. The van der Waals surface area contributed by atoms with Crippen LogP contribution in [0, 0.1) is 0 Å². The van der Waals surface area contributed by atoms with E-state index in [0.717, 1.165) is 33.2 Å². The zero-order valence-electron chi connectivity index (χ0n) is 14.3. The van der Waals surface area contributed by atoms with Crippen molar-refractivity contribution in [3.8, 4) is 11.1 Å². The molecule has 0 aliphatic heterocycles. The van der Waals surface area contributed by atoms with E-state index in [1.54, 1.807) is 18.7 Å². The van der Waals surface area contributed by atoms with Gasteiger partial charge < -0.3 is 0 Å². The quantitative estimate of drug-likeness (QED) is 0.383. The van der Waals surface area contributed by atoms with Crippen LogP contribution in [0.5, 0.6) is 0 Å². The summed E-state index contributed by atoms with van der Waals surface area (Å²) in [6.45, 7) is 0. The molecule has 4 rings (SSSR count). The molecule has 0 atom stereocenters. The number of nitrogens with zero attached hydrogens (tertiary/aromatic N) is 1. The van der Waals surface area contributed by atoms with Crippen molar-refractivity contribution in [2.45, 2.75) is 0 Å². The van der Waals surface area contributed by atoms with Crippen molar-refractivity contribution in [1.82, 2.24) is 0 Å². The van der Waals surface area contributed by atoms with Crippen LogP contribution in [0.25, 0.3) is 21.9 Å². The second kappa shape index (κ2) is 7.65. The van der Waals surface area contributed by atoms with E-state index >= 15 is 0 Å². The van der Waals surface area contributed by atoms with Crippen LogP contribution in [0.3, 0.4) is 0 Å². The van der Waals surface area contributed by atoms with Crippen LogP contribution in [-0.4, -0.2) is 29.2 Å². The third-order valence-corrected chi connectivity index (χ3v) is 4.55. The molecule has 0 aliphatic rings. The molecule has 4 aromatic rings. The molecule has 0 saturated carbocycles. The van der Waals surface area contributed by atoms with E-state index in [2.05, 4.69) is 32.4 Å². The molecule has 0 saturated heterocycles. The third kappa shape index (κ3) is 3.71. The van der Waals surface area contributed by atoms with Crippen LogP contribution in [0.15, 0.2) is 87.6 Å². The summed E-state index contributed by atoms with van der Waals surface area (Å²) < 4.78 is 9.29. The number of amides is 1. The number of fused-ring (bicyclic) bond motifs is 1. The SMILES string of the molecule is O=C(Nc1ccccc1)c1cc(-c2ccoc2)c2cc(C=N[As])ccc2c1. The number of para-hydroxylation sites is 1. The summed E-state index contributed by atoms with van der Waals surface area (Å²) in [5.41, 5.74) is 4.22. The minimum absolute atomic E-state index is 0.149. The predicted molar refractivity (Wildman–Crippen MR) is 109 cm³/mol. The fourth-order valence-electron chi connectivity index (χ4n) is 3.03. The number of nitrogens with one attached hydrogen (secondary N) is 1. The molecule has 1 aromatic heterocycles. The molecule has 0 bridgehead atoms. The molecule has 5 heteroatoms. The second-order valence-corrected chi connectivity index (χ2v) is 6.57. The number of rotatable bonds is 4. The maximum atomic E-state index is 12.8. The van der Waals surface area contributed by atoms with Gasteiger partial charge in [-0.2, -0.15) is 0 Å². The molecule has 1 N–H and O–H groups in total. The van der Waals surface area contributed by atoms with Crippen molar-refractivity contribution in [2.24, 2.45) is 3.91 Å². The van der Waals surface area contributed by atoms with Gasteiger partial charge in [0.15, 0.2) is 0 Å². The van der Waals surface area contributed by atoms with E-state index < -0.39 is 0 Å². The van der Waals surface area contributed by atoms with Gasteiger partial charge in [0.25, 0.3) is 0 Å². The summed E-state index contributed by atoms with van der Waals surface area (Å²) in [5, 5.41) is 4.96. The molecule has 0 spiro atoms. The van der Waals surface area contributed by atoms with E-state index in [9.17, 15) is 4.79 Å². The van der Waals surface area contributed by atoms with Gasteiger partial charge in [0.2, 0.25) is 0 Å². The average molecular weight is 414 g/mol. The van der Waals surface area contributed by atoms with Crippen molar-refractivity contribution in [3.05, 3.63) is 90.4 Å². The normalized spacial score (nSPS) is 11.1.